The first-order valence-electron chi connectivity index (χ1n) is 21.0. The van der Waals surface area contributed by atoms with Gasteiger partial charge < -0.3 is 70.0 Å². The van der Waals surface area contributed by atoms with Crippen LogP contribution in [0.25, 0.3) is 0 Å². The maximum absolute atomic E-state index is 12.2. The van der Waals surface area contributed by atoms with E-state index in [1.807, 2.05) is 6.92 Å². The molecule has 10 N–H and O–H groups in total. The summed E-state index contributed by atoms with van der Waals surface area (Å²) in [6.45, 7) is 17.7. The van der Waals surface area contributed by atoms with Crippen molar-refractivity contribution in [1.29, 1.82) is 0 Å². The molecular formula is C42H72O14. The van der Waals surface area contributed by atoms with E-state index in [0.29, 0.717) is 31.3 Å². The van der Waals surface area contributed by atoms with Crippen molar-refractivity contribution in [2.75, 3.05) is 13.2 Å². The zero-order chi connectivity index (χ0) is 41.5. The summed E-state index contributed by atoms with van der Waals surface area (Å²) in [7, 11) is 0. The van der Waals surface area contributed by atoms with Gasteiger partial charge in [-0.05, 0) is 117 Å². The Morgan fingerprint density at radius 2 is 1.36 bits per heavy atom. The molecular weight excluding hydrogens is 728 g/mol. The summed E-state index contributed by atoms with van der Waals surface area (Å²) in [6.07, 6.45) is -10.6. The maximum atomic E-state index is 12.2. The summed E-state index contributed by atoms with van der Waals surface area (Å²) in [5, 5.41) is 108. The van der Waals surface area contributed by atoms with E-state index < -0.39 is 104 Å². The molecule has 6 fully saturated rings. The Kier molecular flexibility index (Phi) is 12.7. The van der Waals surface area contributed by atoms with E-state index in [1.54, 1.807) is 6.92 Å². The summed E-state index contributed by atoms with van der Waals surface area (Å²) in [5.41, 5.74) is -1.35. The second kappa shape index (κ2) is 15.9. The lowest BCUT2D eigenvalue weighted by Crippen LogP contribution is -2.68. The molecule has 0 spiro atoms. The van der Waals surface area contributed by atoms with Gasteiger partial charge in [-0.2, -0.15) is 0 Å². The maximum Gasteiger partial charge on any atom is 0.187 e. The fourth-order valence-electron chi connectivity index (χ4n) is 13.3. The highest BCUT2D eigenvalue weighted by atomic mass is 16.8. The smallest absolute Gasteiger partial charge is 0.187 e. The van der Waals surface area contributed by atoms with E-state index in [-0.39, 0.29) is 39.9 Å². The molecule has 2 saturated heterocycles. The predicted octanol–water partition coefficient (Wildman–Crippen LogP) is 1.12. The van der Waals surface area contributed by atoms with Crippen molar-refractivity contribution >= 4 is 0 Å². The number of aliphatic hydroxyl groups is 10. The van der Waals surface area contributed by atoms with Crippen LogP contribution >= 0.6 is 0 Å². The van der Waals surface area contributed by atoms with E-state index in [9.17, 15) is 51.1 Å². The van der Waals surface area contributed by atoms with Gasteiger partial charge in [0.25, 0.3) is 0 Å². The van der Waals surface area contributed by atoms with E-state index in [0.717, 1.165) is 32.1 Å². The van der Waals surface area contributed by atoms with Crippen LogP contribution in [0.3, 0.4) is 0 Å². The molecule has 0 aromatic heterocycles. The zero-order valence-corrected chi connectivity index (χ0v) is 34.4. The average molecular weight is 801 g/mol. The summed E-state index contributed by atoms with van der Waals surface area (Å²) >= 11 is 0. The molecule has 21 atom stereocenters. The van der Waals surface area contributed by atoms with Gasteiger partial charge in [-0.25, -0.2) is 0 Å². The van der Waals surface area contributed by atoms with Gasteiger partial charge in [0.15, 0.2) is 12.6 Å². The van der Waals surface area contributed by atoms with Crippen molar-refractivity contribution in [3.8, 4) is 0 Å². The van der Waals surface area contributed by atoms with Gasteiger partial charge in [-0.1, -0.05) is 46.8 Å². The van der Waals surface area contributed by atoms with E-state index in [1.165, 1.54) is 0 Å². The highest BCUT2D eigenvalue weighted by Crippen LogP contribution is 2.76. The molecule has 4 aliphatic carbocycles. The zero-order valence-electron chi connectivity index (χ0n) is 34.4. The van der Waals surface area contributed by atoms with Crippen LogP contribution in [0.2, 0.25) is 0 Å². The van der Waals surface area contributed by atoms with Crippen LogP contribution in [0.4, 0.5) is 0 Å². The minimum Gasteiger partial charge on any atom is -0.394 e. The molecule has 56 heavy (non-hydrogen) atoms. The van der Waals surface area contributed by atoms with Crippen molar-refractivity contribution in [3.05, 3.63) is 12.2 Å². The Bertz CT molecular complexity index is 1390. The molecule has 6 aliphatic rings. The summed E-state index contributed by atoms with van der Waals surface area (Å²) < 4.78 is 24.3. The number of hydrogen-bond acceptors (Lipinski definition) is 14. The van der Waals surface area contributed by atoms with Crippen LogP contribution in [0.15, 0.2) is 12.2 Å². The Labute approximate surface area is 331 Å². The minimum atomic E-state index is -1.76. The number of ether oxygens (including phenoxy) is 4. The van der Waals surface area contributed by atoms with Crippen molar-refractivity contribution < 1.29 is 70.0 Å². The second-order valence-electron chi connectivity index (χ2n) is 20.2. The fraction of sp³-hybridized carbons (Fsp3) is 0.952. The summed E-state index contributed by atoms with van der Waals surface area (Å²) in [5.74, 6) is 0.150. The Morgan fingerprint density at radius 1 is 0.768 bits per heavy atom. The fourth-order valence-corrected chi connectivity index (χ4v) is 13.3. The molecule has 2 heterocycles. The monoisotopic (exact) mass is 800 g/mol. The van der Waals surface area contributed by atoms with Crippen LogP contribution in [0.1, 0.15) is 106 Å². The van der Waals surface area contributed by atoms with Crippen LogP contribution in [0, 0.1) is 45.3 Å². The first-order valence-corrected chi connectivity index (χ1v) is 21.0. The number of rotatable bonds is 11. The third-order valence-corrected chi connectivity index (χ3v) is 16.9. The highest BCUT2D eigenvalue weighted by Gasteiger charge is 2.71. The Hall–Kier alpha value is -0.820. The van der Waals surface area contributed by atoms with Crippen LogP contribution in [-0.2, 0) is 18.9 Å². The van der Waals surface area contributed by atoms with E-state index >= 15 is 0 Å². The third kappa shape index (κ3) is 7.16. The predicted molar refractivity (Wildman–Crippen MR) is 202 cm³/mol. The van der Waals surface area contributed by atoms with E-state index in [4.69, 9.17) is 18.9 Å². The van der Waals surface area contributed by atoms with Crippen LogP contribution < -0.4 is 0 Å². The number of fused-ring (bicyclic) bond motifs is 5. The molecule has 324 valence electrons. The van der Waals surface area contributed by atoms with Gasteiger partial charge in [0, 0.05) is 0 Å². The van der Waals surface area contributed by atoms with Crippen molar-refractivity contribution in [1.82, 2.24) is 0 Å². The molecule has 0 aromatic carbocycles. The Balaban J connectivity index is 1.22. The van der Waals surface area contributed by atoms with Crippen LogP contribution in [-0.4, -0.2) is 150 Å². The molecule has 4 saturated carbocycles. The molecule has 14 nitrogen and oxygen atoms in total. The van der Waals surface area contributed by atoms with Gasteiger partial charge in [0.1, 0.15) is 48.8 Å². The van der Waals surface area contributed by atoms with Gasteiger partial charge in [0.2, 0.25) is 0 Å². The summed E-state index contributed by atoms with van der Waals surface area (Å²) in [4.78, 5) is 0. The van der Waals surface area contributed by atoms with Crippen molar-refractivity contribution in [2.45, 2.75) is 192 Å². The lowest BCUT2D eigenvalue weighted by molar-refractivity contribution is -0.378. The third-order valence-electron chi connectivity index (χ3n) is 16.9. The molecule has 0 aromatic rings. The average Bonchev–Trinajstić information content (AvgIpc) is 3.53. The first-order chi connectivity index (χ1) is 26.0. The van der Waals surface area contributed by atoms with Crippen molar-refractivity contribution in [3.63, 3.8) is 0 Å². The normalized spacial score (nSPS) is 51.9. The number of hydrogen-bond donors (Lipinski definition) is 10. The standard InChI is InChI=1S/C42H72O14/c1-20(2)22(45)10-16-42(8,52)21-9-14-41(7)29(21)23(46)17-27-39(5)13-12-28(38(3,4)26(39)11-15-40(27,41)6)55-37-35(33(50)31(48)25(19-44)54-37)56-36-34(51)32(49)30(47)24(18-43)53-36/h21-37,43-52H,1,9-19H2,2-8H3/t21-,22-,23+,24+,25+,26?,27+,28-,29-,30+,31+,32-,33-,34+,35+,36-,37-,39-,40+,41-,42-/m0/s1. The molecule has 2 aliphatic heterocycles. The topological polar surface area (TPSA) is 239 Å². The molecule has 0 bridgehead atoms. The first kappa shape index (κ1) is 44.7. The van der Waals surface area contributed by atoms with E-state index in [2.05, 4.69) is 41.2 Å². The summed E-state index contributed by atoms with van der Waals surface area (Å²) in [6, 6.07) is 0. The highest BCUT2D eigenvalue weighted by molar-refractivity contribution is 5.20. The number of aliphatic hydroxyl groups excluding tert-OH is 9. The molecule has 6 rings (SSSR count). The molecule has 0 amide bonds. The Morgan fingerprint density at radius 3 is 1.96 bits per heavy atom. The van der Waals surface area contributed by atoms with Gasteiger partial charge in [-0.3, -0.25) is 0 Å². The van der Waals surface area contributed by atoms with Gasteiger partial charge >= 0.3 is 0 Å². The SMILES string of the molecule is C=C(C)[C@@H](O)CC[C@](C)(O)[C@H]1CC[C@@]2(C)[C@@H]1[C@H](O)C[C@@H]1[C@@]3(C)CC[C@H](O[C@@H]4O[C@H](CO)[C@@H](O)[C@H](O)[C@H]4O[C@@H]4O[C@H](CO)[C@@H](O)[C@H](O)[C@H]4O)C(C)(C)C3CC[C@]12C. The van der Waals surface area contributed by atoms with Gasteiger partial charge in [0.05, 0.1) is 37.1 Å². The molecule has 1 unspecified atom stereocenters. The van der Waals surface area contributed by atoms with Crippen molar-refractivity contribution in [2.24, 2.45) is 45.3 Å². The van der Waals surface area contributed by atoms with Gasteiger partial charge in [-0.15, -0.1) is 0 Å². The lowest BCUT2D eigenvalue weighted by Gasteiger charge is -2.70. The quantitative estimate of drug-likeness (QED) is 0.104. The van der Waals surface area contributed by atoms with Crippen LogP contribution in [0.5, 0.6) is 0 Å². The largest absolute Gasteiger partial charge is 0.394 e. The second-order valence-corrected chi connectivity index (χ2v) is 20.2. The lowest BCUT2D eigenvalue weighted by atomic mass is 9.35. The minimum absolute atomic E-state index is 0.0844. The molecule has 0 radical (unpaired) electrons. The molecule has 14 heteroatoms.